The largest absolute Gasteiger partial charge is 0.352 e. The smallest absolute Gasteiger partial charge is 0.230 e. The number of nitrogens with zero attached hydrogens (tertiary/aromatic N) is 3. The van der Waals surface area contributed by atoms with Crippen molar-refractivity contribution in [2.24, 2.45) is 11.8 Å². The standard InChI is InChI=1S/C27H30N4O2/c32-26(28-18-21-9-1-2-10-22(21)19-30-16-7-15-29-30)23-11-4-5-12-24(23)27(33)31-17-14-20-8-3-6-13-25(20)31/h1-3,6-10,13,15-16,23-24H,4-5,11-12,14,17-19H2,(H,28,32)/t23-,24-/m0/s1. The van der Waals surface area contributed by atoms with Gasteiger partial charge in [-0.25, -0.2) is 0 Å². The van der Waals surface area contributed by atoms with Crippen LogP contribution < -0.4 is 10.2 Å². The Hall–Kier alpha value is -3.41. The summed E-state index contributed by atoms with van der Waals surface area (Å²) in [5.74, 6) is -0.408. The van der Waals surface area contributed by atoms with Gasteiger partial charge >= 0.3 is 0 Å². The first-order chi connectivity index (χ1) is 16.2. The molecule has 0 saturated heterocycles. The zero-order chi connectivity index (χ0) is 22.6. The van der Waals surface area contributed by atoms with Gasteiger partial charge in [-0.1, -0.05) is 55.3 Å². The Labute approximate surface area is 194 Å². The Morgan fingerprint density at radius 3 is 2.52 bits per heavy atom. The van der Waals surface area contributed by atoms with Crippen LogP contribution in [0.5, 0.6) is 0 Å². The van der Waals surface area contributed by atoms with E-state index in [1.54, 1.807) is 6.20 Å². The highest BCUT2D eigenvalue weighted by Gasteiger charge is 2.39. The Balaban J connectivity index is 1.27. The second-order valence-corrected chi connectivity index (χ2v) is 9.06. The first kappa shape index (κ1) is 21.4. The van der Waals surface area contributed by atoms with Crippen molar-refractivity contribution in [1.82, 2.24) is 15.1 Å². The number of rotatable bonds is 6. The molecule has 3 aromatic rings. The number of hydrogen-bond acceptors (Lipinski definition) is 3. The zero-order valence-corrected chi connectivity index (χ0v) is 18.8. The molecule has 1 aliphatic heterocycles. The molecule has 2 aromatic carbocycles. The minimum Gasteiger partial charge on any atom is -0.352 e. The molecule has 0 spiro atoms. The van der Waals surface area contributed by atoms with Gasteiger partial charge in [0.1, 0.15) is 0 Å². The fourth-order valence-electron chi connectivity index (χ4n) is 5.27. The van der Waals surface area contributed by atoms with Crippen LogP contribution in [0.15, 0.2) is 67.0 Å². The van der Waals surface area contributed by atoms with Crippen molar-refractivity contribution in [1.29, 1.82) is 0 Å². The molecule has 0 radical (unpaired) electrons. The summed E-state index contributed by atoms with van der Waals surface area (Å²) in [6.45, 7) is 1.84. The van der Waals surface area contributed by atoms with Crippen molar-refractivity contribution in [3.63, 3.8) is 0 Å². The molecule has 1 N–H and O–H groups in total. The Kier molecular flexibility index (Phi) is 6.24. The van der Waals surface area contributed by atoms with E-state index in [1.165, 1.54) is 5.56 Å². The molecule has 33 heavy (non-hydrogen) atoms. The van der Waals surface area contributed by atoms with E-state index < -0.39 is 0 Å². The van der Waals surface area contributed by atoms with Crippen molar-refractivity contribution >= 4 is 17.5 Å². The van der Waals surface area contributed by atoms with Crippen LogP contribution in [0.3, 0.4) is 0 Å². The summed E-state index contributed by atoms with van der Waals surface area (Å²) >= 11 is 0. The number of para-hydroxylation sites is 1. The average molecular weight is 443 g/mol. The molecule has 2 atom stereocenters. The summed E-state index contributed by atoms with van der Waals surface area (Å²) in [7, 11) is 0. The molecule has 1 aromatic heterocycles. The summed E-state index contributed by atoms with van der Waals surface area (Å²) in [5, 5.41) is 7.44. The van der Waals surface area contributed by atoms with E-state index in [-0.39, 0.29) is 23.7 Å². The van der Waals surface area contributed by atoms with Crippen LogP contribution in [0.25, 0.3) is 0 Å². The molecule has 1 saturated carbocycles. The predicted molar refractivity (Wildman–Crippen MR) is 128 cm³/mol. The van der Waals surface area contributed by atoms with Crippen LogP contribution in [-0.4, -0.2) is 28.1 Å². The van der Waals surface area contributed by atoms with Gasteiger partial charge in [0, 0.05) is 37.1 Å². The highest BCUT2D eigenvalue weighted by atomic mass is 16.2. The fourth-order valence-corrected chi connectivity index (χ4v) is 5.27. The van der Waals surface area contributed by atoms with E-state index in [1.807, 2.05) is 58.2 Å². The number of amides is 2. The molecular formula is C27H30N4O2. The maximum atomic E-state index is 13.5. The van der Waals surface area contributed by atoms with E-state index in [0.29, 0.717) is 19.6 Å². The number of nitrogens with one attached hydrogen (secondary N) is 1. The van der Waals surface area contributed by atoms with Crippen LogP contribution >= 0.6 is 0 Å². The molecule has 2 aliphatic rings. The Morgan fingerprint density at radius 2 is 1.70 bits per heavy atom. The quantitative estimate of drug-likeness (QED) is 0.629. The lowest BCUT2D eigenvalue weighted by Gasteiger charge is -2.32. The summed E-state index contributed by atoms with van der Waals surface area (Å²) in [5.41, 5.74) is 4.44. The first-order valence-electron chi connectivity index (χ1n) is 11.9. The van der Waals surface area contributed by atoms with Crippen LogP contribution in [0.1, 0.15) is 42.4 Å². The number of aromatic nitrogens is 2. The average Bonchev–Trinajstić information content (AvgIpc) is 3.53. The number of benzene rings is 2. The SMILES string of the molecule is O=C(NCc1ccccc1Cn1cccn1)[C@H]1CCCC[C@@H]1C(=O)N1CCc2ccccc21. The lowest BCUT2D eigenvalue weighted by Crippen LogP contribution is -2.45. The highest BCUT2D eigenvalue weighted by Crippen LogP contribution is 2.36. The monoisotopic (exact) mass is 442 g/mol. The van der Waals surface area contributed by atoms with Crippen molar-refractivity contribution in [3.05, 3.63) is 83.7 Å². The third-order valence-electron chi connectivity index (χ3n) is 7.04. The normalized spacial score (nSPS) is 19.8. The van der Waals surface area contributed by atoms with Gasteiger partial charge in [0.15, 0.2) is 0 Å². The number of carbonyl (C=O) groups is 2. The molecule has 6 heteroatoms. The van der Waals surface area contributed by atoms with Gasteiger partial charge in [0.25, 0.3) is 0 Å². The molecule has 2 amide bonds. The molecule has 170 valence electrons. The predicted octanol–water partition coefficient (Wildman–Crippen LogP) is 3.94. The van der Waals surface area contributed by atoms with Crippen molar-refractivity contribution in [3.8, 4) is 0 Å². The lowest BCUT2D eigenvalue weighted by molar-refractivity contribution is -0.135. The summed E-state index contributed by atoms with van der Waals surface area (Å²) in [4.78, 5) is 28.7. The minimum atomic E-state index is -0.266. The van der Waals surface area contributed by atoms with Crippen LogP contribution in [0, 0.1) is 11.8 Å². The zero-order valence-electron chi connectivity index (χ0n) is 18.8. The molecule has 2 heterocycles. The van der Waals surface area contributed by atoms with Gasteiger partial charge in [-0.2, -0.15) is 5.10 Å². The fraction of sp³-hybridized carbons (Fsp3) is 0.370. The maximum absolute atomic E-state index is 13.5. The lowest BCUT2D eigenvalue weighted by atomic mass is 9.77. The van der Waals surface area contributed by atoms with Crippen molar-refractivity contribution in [2.75, 3.05) is 11.4 Å². The van der Waals surface area contributed by atoms with E-state index in [9.17, 15) is 9.59 Å². The maximum Gasteiger partial charge on any atom is 0.230 e. The third-order valence-corrected chi connectivity index (χ3v) is 7.04. The van der Waals surface area contributed by atoms with E-state index in [0.717, 1.165) is 48.9 Å². The molecule has 5 rings (SSSR count). The number of fused-ring (bicyclic) bond motifs is 1. The molecule has 1 aliphatic carbocycles. The number of anilines is 1. The van der Waals surface area contributed by atoms with Gasteiger partial charge in [-0.05, 0) is 48.1 Å². The minimum absolute atomic E-state index is 0.00516. The number of carbonyl (C=O) groups excluding carboxylic acids is 2. The molecule has 6 nitrogen and oxygen atoms in total. The van der Waals surface area contributed by atoms with Gasteiger partial charge in [0.05, 0.1) is 12.5 Å². The van der Waals surface area contributed by atoms with Crippen molar-refractivity contribution in [2.45, 2.75) is 45.2 Å². The van der Waals surface area contributed by atoms with Gasteiger partial charge in [0.2, 0.25) is 11.8 Å². The van der Waals surface area contributed by atoms with Gasteiger partial charge < -0.3 is 10.2 Å². The number of hydrogen-bond donors (Lipinski definition) is 1. The topological polar surface area (TPSA) is 67.2 Å². The Morgan fingerprint density at radius 1 is 0.939 bits per heavy atom. The summed E-state index contributed by atoms with van der Waals surface area (Å²) in [6.07, 6.45) is 8.14. The van der Waals surface area contributed by atoms with Crippen LogP contribution in [-0.2, 0) is 29.1 Å². The molecule has 1 fully saturated rings. The summed E-state index contributed by atoms with van der Waals surface area (Å²) in [6, 6.07) is 18.1. The van der Waals surface area contributed by atoms with E-state index in [2.05, 4.69) is 22.5 Å². The molecule has 0 unspecified atom stereocenters. The Bertz CT molecular complexity index is 1120. The van der Waals surface area contributed by atoms with Gasteiger partial charge in [-0.3, -0.25) is 14.3 Å². The summed E-state index contributed by atoms with van der Waals surface area (Å²) < 4.78 is 1.88. The second kappa shape index (κ2) is 9.61. The van der Waals surface area contributed by atoms with E-state index >= 15 is 0 Å². The molecule has 0 bridgehead atoms. The van der Waals surface area contributed by atoms with Crippen molar-refractivity contribution < 1.29 is 9.59 Å². The first-order valence-corrected chi connectivity index (χ1v) is 11.9. The van der Waals surface area contributed by atoms with Gasteiger partial charge in [-0.15, -0.1) is 0 Å². The van der Waals surface area contributed by atoms with E-state index in [4.69, 9.17) is 0 Å². The van der Waals surface area contributed by atoms with Crippen LogP contribution in [0.4, 0.5) is 5.69 Å². The second-order valence-electron chi connectivity index (χ2n) is 9.06. The molecular weight excluding hydrogens is 412 g/mol. The van der Waals surface area contributed by atoms with Crippen LogP contribution in [0.2, 0.25) is 0 Å². The third kappa shape index (κ3) is 4.56. The highest BCUT2D eigenvalue weighted by molar-refractivity contribution is 5.99.